The number of pyridine rings is 1. The summed E-state index contributed by atoms with van der Waals surface area (Å²) in [5, 5.41) is 5.17. The van der Waals surface area contributed by atoms with E-state index in [0.717, 1.165) is 9.88 Å². The van der Waals surface area contributed by atoms with Crippen LogP contribution in [-0.4, -0.2) is 9.97 Å². The van der Waals surface area contributed by atoms with Crippen molar-refractivity contribution in [2.75, 3.05) is 5.32 Å². The second-order valence-electron chi connectivity index (χ2n) is 4.79. The van der Waals surface area contributed by atoms with Crippen LogP contribution in [-0.2, 0) is 0 Å². The number of rotatable bonds is 3. The van der Waals surface area contributed by atoms with Crippen molar-refractivity contribution < 1.29 is 4.39 Å². The molecule has 0 aliphatic rings. The van der Waals surface area contributed by atoms with E-state index in [4.69, 9.17) is 11.6 Å². The van der Waals surface area contributed by atoms with E-state index in [9.17, 15) is 4.39 Å². The van der Waals surface area contributed by atoms with E-state index in [1.165, 1.54) is 6.20 Å². The van der Waals surface area contributed by atoms with Crippen LogP contribution in [0.25, 0.3) is 10.9 Å². The van der Waals surface area contributed by atoms with Crippen LogP contribution in [0.3, 0.4) is 0 Å². The van der Waals surface area contributed by atoms with E-state index < -0.39 is 5.82 Å². The minimum atomic E-state index is -0.393. The quantitative estimate of drug-likeness (QED) is 0.740. The number of anilines is 1. The Hall–Kier alpha value is -1.72. The van der Waals surface area contributed by atoms with Crippen LogP contribution in [0, 0.1) is 12.7 Å². The third-order valence-electron chi connectivity index (χ3n) is 3.18. The topological polar surface area (TPSA) is 37.8 Å². The summed E-state index contributed by atoms with van der Waals surface area (Å²) in [5.41, 5.74) is 0.674. The van der Waals surface area contributed by atoms with Gasteiger partial charge in [0.1, 0.15) is 10.5 Å². The molecule has 0 saturated carbocycles. The Morgan fingerprint density at radius 1 is 1.29 bits per heavy atom. The summed E-state index contributed by atoms with van der Waals surface area (Å²) >= 11 is 7.64. The maximum Gasteiger partial charge on any atom is 0.172 e. The van der Waals surface area contributed by atoms with Crippen LogP contribution < -0.4 is 5.32 Å². The fraction of sp³-hybridized carbons (Fsp3) is 0.200. The molecule has 6 heteroatoms. The molecule has 0 aliphatic carbocycles. The lowest BCUT2D eigenvalue weighted by Gasteiger charge is -2.14. The highest BCUT2D eigenvalue weighted by molar-refractivity contribution is 7.11. The fourth-order valence-electron chi connectivity index (χ4n) is 2.13. The second-order valence-corrected chi connectivity index (χ2v) is 6.46. The molecule has 2 aromatic heterocycles. The Morgan fingerprint density at radius 2 is 2.10 bits per heavy atom. The molecule has 0 fully saturated rings. The van der Waals surface area contributed by atoms with Gasteiger partial charge in [-0.25, -0.2) is 9.37 Å². The Balaban J connectivity index is 1.96. The Labute approximate surface area is 130 Å². The largest absolute Gasteiger partial charge is 0.374 e. The van der Waals surface area contributed by atoms with Crippen LogP contribution in [0.4, 0.5) is 10.1 Å². The average molecular weight is 322 g/mol. The predicted molar refractivity (Wildman–Crippen MR) is 85.6 cm³/mol. The highest BCUT2D eigenvalue weighted by Crippen LogP contribution is 2.30. The van der Waals surface area contributed by atoms with Gasteiger partial charge in [0.2, 0.25) is 0 Å². The molecule has 2 heterocycles. The second kappa shape index (κ2) is 5.58. The van der Waals surface area contributed by atoms with Gasteiger partial charge >= 0.3 is 0 Å². The first kappa shape index (κ1) is 14.2. The van der Waals surface area contributed by atoms with Gasteiger partial charge in [-0.15, -0.1) is 11.3 Å². The normalized spacial score (nSPS) is 12.6. The van der Waals surface area contributed by atoms with E-state index in [2.05, 4.69) is 15.3 Å². The third-order valence-corrected chi connectivity index (χ3v) is 4.60. The molecule has 1 unspecified atom stereocenters. The molecular weight excluding hydrogens is 309 g/mol. The summed E-state index contributed by atoms with van der Waals surface area (Å²) in [4.78, 5) is 9.52. The summed E-state index contributed by atoms with van der Waals surface area (Å²) in [6.07, 6.45) is 3.32. The van der Waals surface area contributed by atoms with Gasteiger partial charge in [-0.1, -0.05) is 11.6 Å². The third kappa shape index (κ3) is 2.71. The van der Waals surface area contributed by atoms with Crippen molar-refractivity contribution in [3.05, 3.63) is 51.3 Å². The lowest BCUT2D eigenvalue weighted by Crippen LogP contribution is -2.08. The predicted octanol–water partition coefficient (Wildman–Crippen LogP) is 4.97. The van der Waals surface area contributed by atoms with Crippen molar-refractivity contribution in [1.82, 2.24) is 9.97 Å². The summed E-state index contributed by atoms with van der Waals surface area (Å²) in [6.45, 7) is 3.95. The lowest BCUT2D eigenvalue weighted by molar-refractivity contribution is 0.636. The number of fused-ring (bicyclic) bond motifs is 1. The van der Waals surface area contributed by atoms with Crippen LogP contribution >= 0.6 is 22.9 Å². The van der Waals surface area contributed by atoms with E-state index in [1.807, 2.05) is 20.0 Å². The van der Waals surface area contributed by atoms with E-state index >= 15 is 0 Å². The first-order chi connectivity index (χ1) is 10.1. The van der Waals surface area contributed by atoms with E-state index in [0.29, 0.717) is 16.1 Å². The minimum Gasteiger partial charge on any atom is -0.374 e. The number of nitrogens with zero attached hydrogens (tertiary/aromatic N) is 2. The molecule has 1 atom stereocenters. The van der Waals surface area contributed by atoms with Gasteiger partial charge < -0.3 is 5.32 Å². The van der Waals surface area contributed by atoms with Crippen LogP contribution in [0.2, 0.25) is 5.02 Å². The number of benzene rings is 1. The molecule has 0 spiro atoms. The zero-order chi connectivity index (χ0) is 15.0. The van der Waals surface area contributed by atoms with E-state index in [-0.39, 0.29) is 11.6 Å². The highest BCUT2D eigenvalue weighted by atomic mass is 35.5. The summed E-state index contributed by atoms with van der Waals surface area (Å²) in [5.74, 6) is -0.393. The maximum atomic E-state index is 14.5. The average Bonchev–Trinajstić information content (AvgIpc) is 2.89. The smallest absolute Gasteiger partial charge is 0.172 e. The number of hydrogen-bond donors (Lipinski definition) is 1. The van der Waals surface area contributed by atoms with Gasteiger partial charge in [0.15, 0.2) is 5.82 Å². The number of thiazole rings is 1. The number of aromatic nitrogens is 2. The van der Waals surface area contributed by atoms with Crippen LogP contribution in [0.5, 0.6) is 0 Å². The molecule has 3 rings (SSSR count). The van der Waals surface area contributed by atoms with Gasteiger partial charge in [0, 0.05) is 22.7 Å². The number of nitrogens with one attached hydrogen (secondary N) is 1. The van der Waals surface area contributed by atoms with Gasteiger partial charge in [0.25, 0.3) is 0 Å². The number of aryl methyl sites for hydroxylation is 1. The molecule has 0 bridgehead atoms. The van der Waals surface area contributed by atoms with Crippen molar-refractivity contribution in [2.45, 2.75) is 19.9 Å². The molecule has 108 valence electrons. The molecule has 0 saturated heterocycles. The molecular formula is C15H13ClFN3S. The molecule has 0 radical (unpaired) electrons. The first-order valence-corrected chi connectivity index (χ1v) is 7.67. The number of halogens is 2. The van der Waals surface area contributed by atoms with E-state index in [1.54, 1.807) is 29.5 Å². The monoisotopic (exact) mass is 321 g/mol. The van der Waals surface area contributed by atoms with Gasteiger partial charge in [0.05, 0.1) is 16.8 Å². The highest BCUT2D eigenvalue weighted by Gasteiger charge is 2.15. The summed E-state index contributed by atoms with van der Waals surface area (Å²) in [7, 11) is 0. The van der Waals surface area contributed by atoms with Crippen LogP contribution in [0.1, 0.15) is 22.9 Å². The van der Waals surface area contributed by atoms with Crippen molar-refractivity contribution in [1.29, 1.82) is 0 Å². The summed E-state index contributed by atoms with van der Waals surface area (Å²) in [6, 6.07) is 5.03. The van der Waals surface area contributed by atoms with Crippen molar-refractivity contribution >= 4 is 39.5 Å². The lowest BCUT2D eigenvalue weighted by atomic mass is 10.1. The fourth-order valence-corrected chi connectivity index (χ4v) is 3.11. The SMILES string of the molecule is Cc1cnc(C(C)Nc2ccc3c(Cl)ccnc3c2F)s1. The van der Waals surface area contributed by atoms with Crippen molar-refractivity contribution in [3.8, 4) is 0 Å². The summed E-state index contributed by atoms with van der Waals surface area (Å²) < 4.78 is 14.5. The van der Waals surface area contributed by atoms with Gasteiger partial charge in [-0.2, -0.15) is 0 Å². The number of hydrogen-bond acceptors (Lipinski definition) is 4. The van der Waals surface area contributed by atoms with Crippen LogP contribution in [0.15, 0.2) is 30.6 Å². The Kier molecular flexibility index (Phi) is 3.78. The molecule has 21 heavy (non-hydrogen) atoms. The zero-order valence-electron chi connectivity index (χ0n) is 11.5. The Morgan fingerprint density at radius 3 is 2.81 bits per heavy atom. The molecule has 3 nitrogen and oxygen atoms in total. The van der Waals surface area contributed by atoms with Gasteiger partial charge in [-0.05, 0) is 32.0 Å². The molecule has 0 aliphatic heterocycles. The molecule has 3 aromatic rings. The van der Waals surface area contributed by atoms with Crippen molar-refractivity contribution in [3.63, 3.8) is 0 Å². The maximum absolute atomic E-state index is 14.5. The first-order valence-electron chi connectivity index (χ1n) is 6.48. The van der Waals surface area contributed by atoms with Crippen molar-refractivity contribution in [2.24, 2.45) is 0 Å². The zero-order valence-corrected chi connectivity index (χ0v) is 13.1. The minimum absolute atomic E-state index is 0.0742. The van der Waals surface area contributed by atoms with Gasteiger partial charge in [-0.3, -0.25) is 4.98 Å². The molecule has 1 aromatic carbocycles. The molecule has 1 N–H and O–H groups in total. The standard InChI is InChI=1S/C15H13ClFN3S/c1-8-7-19-15(21-8)9(2)20-12-4-3-10-11(16)5-6-18-14(10)13(12)17/h3-7,9,20H,1-2H3. The Bertz CT molecular complexity index is 803. The molecule has 0 amide bonds.